The summed E-state index contributed by atoms with van der Waals surface area (Å²) in [6.45, 7) is 0.441. The van der Waals surface area contributed by atoms with Crippen LogP contribution in [0.2, 0.25) is 0 Å². The summed E-state index contributed by atoms with van der Waals surface area (Å²) in [6.07, 6.45) is 2.42. The molecular formula is C18H15NO3. The minimum absolute atomic E-state index is 0.441. The number of rotatable bonds is 5. The van der Waals surface area contributed by atoms with Crippen LogP contribution in [-0.4, -0.2) is 18.4 Å². The fourth-order valence-electron chi connectivity index (χ4n) is 2.29. The van der Waals surface area contributed by atoms with Gasteiger partial charge < -0.3 is 9.47 Å². The Morgan fingerprint density at radius 1 is 1.09 bits per heavy atom. The highest BCUT2D eigenvalue weighted by molar-refractivity contribution is 5.97. The number of carbonyl (C=O) groups excluding carboxylic acids is 1. The number of benzene rings is 2. The van der Waals surface area contributed by atoms with E-state index >= 15 is 0 Å². The number of aldehydes is 1. The second-order valence-electron chi connectivity index (χ2n) is 4.81. The summed E-state index contributed by atoms with van der Waals surface area (Å²) in [6, 6.07) is 15.1. The molecule has 0 radical (unpaired) electrons. The second-order valence-corrected chi connectivity index (χ2v) is 4.81. The van der Waals surface area contributed by atoms with Gasteiger partial charge in [-0.05, 0) is 17.7 Å². The molecule has 3 rings (SSSR count). The predicted octanol–water partition coefficient (Wildman–Crippen LogP) is 3.63. The Hall–Kier alpha value is -2.88. The van der Waals surface area contributed by atoms with E-state index < -0.39 is 0 Å². The molecule has 4 nitrogen and oxygen atoms in total. The predicted molar refractivity (Wildman–Crippen MR) is 84.5 cm³/mol. The highest BCUT2D eigenvalue weighted by atomic mass is 16.5. The third kappa shape index (κ3) is 2.76. The number of carbonyl (C=O) groups is 1. The lowest BCUT2D eigenvalue weighted by atomic mass is 10.1. The molecule has 4 heteroatoms. The maximum atomic E-state index is 11.1. The van der Waals surface area contributed by atoms with Crippen molar-refractivity contribution in [1.82, 2.24) is 4.98 Å². The van der Waals surface area contributed by atoms with Crippen LogP contribution in [0.5, 0.6) is 11.5 Å². The molecule has 0 spiro atoms. The number of aromatic nitrogens is 1. The minimum atomic E-state index is 0.441. The monoisotopic (exact) mass is 293 g/mol. The van der Waals surface area contributed by atoms with Crippen molar-refractivity contribution < 1.29 is 14.3 Å². The molecule has 0 amide bonds. The van der Waals surface area contributed by atoms with Gasteiger partial charge in [0.25, 0.3) is 0 Å². The van der Waals surface area contributed by atoms with Crippen LogP contribution in [0.1, 0.15) is 15.9 Å². The van der Waals surface area contributed by atoms with Crippen LogP contribution < -0.4 is 9.47 Å². The van der Waals surface area contributed by atoms with E-state index in [2.05, 4.69) is 4.98 Å². The summed E-state index contributed by atoms with van der Waals surface area (Å²) in [7, 11) is 1.58. The number of ether oxygens (including phenoxy) is 2. The maximum Gasteiger partial charge on any atom is 0.163 e. The number of methoxy groups -OCH3 is 1. The molecule has 22 heavy (non-hydrogen) atoms. The van der Waals surface area contributed by atoms with E-state index in [9.17, 15) is 4.79 Å². The Balaban J connectivity index is 1.96. The van der Waals surface area contributed by atoms with E-state index in [4.69, 9.17) is 9.47 Å². The summed E-state index contributed by atoms with van der Waals surface area (Å²) in [5.41, 5.74) is 2.35. The van der Waals surface area contributed by atoms with Gasteiger partial charge in [-0.15, -0.1) is 0 Å². The number of pyridine rings is 1. The molecule has 0 fully saturated rings. The van der Waals surface area contributed by atoms with E-state index in [1.807, 2.05) is 30.3 Å². The molecule has 3 aromatic rings. The normalized spacial score (nSPS) is 10.4. The molecule has 1 heterocycles. The highest BCUT2D eigenvalue weighted by Crippen LogP contribution is 2.33. The van der Waals surface area contributed by atoms with E-state index in [1.165, 1.54) is 0 Å². The van der Waals surface area contributed by atoms with Gasteiger partial charge in [0.05, 0.1) is 12.6 Å². The van der Waals surface area contributed by atoms with E-state index in [0.717, 1.165) is 17.2 Å². The van der Waals surface area contributed by atoms with E-state index in [-0.39, 0.29) is 0 Å². The first-order valence-electron chi connectivity index (χ1n) is 6.90. The van der Waals surface area contributed by atoms with Gasteiger partial charge in [-0.2, -0.15) is 0 Å². The largest absolute Gasteiger partial charge is 0.493 e. The van der Waals surface area contributed by atoms with E-state index in [1.54, 1.807) is 31.5 Å². The van der Waals surface area contributed by atoms with Crippen molar-refractivity contribution in [1.29, 1.82) is 0 Å². The summed E-state index contributed by atoms with van der Waals surface area (Å²) < 4.78 is 11.2. The van der Waals surface area contributed by atoms with Crippen LogP contribution in [0, 0.1) is 0 Å². The molecular weight excluding hydrogens is 278 g/mol. The van der Waals surface area contributed by atoms with Crippen LogP contribution in [0.25, 0.3) is 10.9 Å². The zero-order chi connectivity index (χ0) is 15.4. The van der Waals surface area contributed by atoms with Crippen molar-refractivity contribution in [2.75, 3.05) is 7.11 Å². The van der Waals surface area contributed by atoms with Gasteiger partial charge in [-0.25, -0.2) is 0 Å². The molecule has 0 saturated heterocycles. The van der Waals surface area contributed by atoms with Gasteiger partial charge in [0.2, 0.25) is 0 Å². The number of fused-ring (bicyclic) bond motifs is 1. The standard InChI is InChI=1S/C18H15NO3/c1-21-17-9-15-14(11-20)7-8-19-16(15)10-18(17)22-12-13-5-3-2-4-6-13/h2-11H,12H2,1H3. The maximum absolute atomic E-state index is 11.1. The van der Waals surface area contributed by atoms with Crippen LogP contribution in [0.15, 0.2) is 54.7 Å². The Morgan fingerprint density at radius 3 is 2.64 bits per heavy atom. The lowest BCUT2D eigenvalue weighted by molar-refractivity contribution is 0.112. The van der Waals surface area contributed by atoms with Gasteiger partial charge in [0.1, 0.15) is 6.61 Å². The van der Waals surface area contributed by atoms with Crippen LogP contribution in [0.4, 0.5) is 0 Å². The molecule has 0 saturated carbocycles. The zero-order valence-electron chi connectivity index (χ0n) is 12.2. The number of nitrogens with zero attached hydrogens (tertiary/aromatic N) is 1. The first-order chi connectivity index (χ1) is 10.8. The van der Waals surface area contributed by atoms with Crippen molar-refractivity contribution in [3.8, 4) is 11.5 Å². The number of hydrogen-bond donors (Lipinski definition) is 0. The van der Waals surface area contributed by atoms with Crippen LogP contribution >= 0.6 is 0 Å². The molecule has 0 unspecified atom stereocenters. The fourth-order valence-corrected chi connectivity index (χ4v) is 2.29. The molecule has 0 aliphatic carbocycles. The highest BCUT2D eigenvalue weighted by Gasteiger charge is 2.10. The lowest BCUT2D eigenvalue weighted by Crippen LogP contribution is -1.98. The van der Waals surface area contributed by atoms with Crippen LogP contribution in [-0.2, 0) is 6.61 Å². The summed E-state index contributed by atoms with van der Waals surface area (Å²) in [4.78, 5) is 15.4. The smallest absolute Gasteiger partial charge is 0.163 e. The van der Waals surface area contributed by atoms with E-state index in [0.29, 0.717) is 29.2 Å². The van der Waals surface area contributed by atoms with Crippen molar-refractivity contribution in [3.05, 3.63) is 65.9 Å². The third-order valence-corrected chi connectivity index (χ3v) is 3.42. The van der Waals surface area contributed by atoms with Gasteiger partial charge in [-0.3, -0.25) is 9.78 Å². The first-order valence-corrected chi connectivity index (χ1v) is 6.90. The fraction of sp³-hybridized carbons (Fsp3) is 0.111. The Labute approximate surface area is 128 Å². The topological polar surface area (TPSA) is 48.4 Å². The Kier molecular flexibility index (Phi) is 4.01. The molecule has 110 valence electrons. The van der Waals surface area contributed by atoms with Gasteiger partial charge in [-0.1, -0.05) is 30.3 Å². The second kappa shape index (κ2) is 6.26. The molecule has 0 atom stereocenters. The molecule has 0 N–H and O–H groups in total. The Morgan fingerprint density at radius 2 is 1.91 bits per heavy atom. The number of hydrogen-bond acceptors (Lipinski definition) is 4. The molecule has 0 aliphatic rings. The molecule has 0 bridgehead atoms. The average Bonchev–Trinajstić information content (AvgIpc) is 2.59. The van der Waals surface area contributed by atoms with Crippen molar-refractivity contribution in [3.63, 3.8) is 0 Å². The van der Waals surface area contributed by atoms with Gasteiger partial charge in [0, 0.05) is 23.2 Å². The van der Waals surface area contributed by atoms with Gasteiger partial charge >= 0.3 is 0 Å². The average molecular weight is 293 g/mol. The summed E-state index contributed by atoms with van der Waals surface area (Å²) in [5.74, 6) is 1.19. The van der Waals surface area contributed by atoms with Crippen molar-refractivity contribution in [2.45, 2.75) is 6.61 Å². The zero-order valence-corrected chi connectivity index (χ0v) is 12.2. The summed E-state index contributed by atoms with van der Waals surface area (Å²) in [5, 5.41) is 0.751. The molecule has 1 aromatic heterocycles. The third-order valence-electron chi connectivity index (χ3n) is 3.42. The minimum Gasteiger partial charge on any atom is -0.493 e. The van der Waals surface area contributed by atoms with Crippen molar-refractivity contribution >= 4 is 17.2 Å². The first kappa shape index (κ1) is 14.1. The summed E-state index contributed by atoms with van der Waals surface area (Å²) >= 11 is 0. The van der Waals surface area contributed by atoms with Crippen molar-refractivity contribution in [2.24, 2.45) is 0 Å². The SMILES string of the molecule is COc1cc2c(C=O)ccnc2cc1OCc1ccccc1. The van der Waals surface area contributed by atoms with Crippen LogP contribution in [0.3, 0.4) is 0 Å². The quantitative estimate of drug-likeness (QED) is 0.674. The van der Waals surface area contributed by atoms with Gasteiger partial charge in [0.15, 0.2) is 17.8 Å². The Bertz CT molecular complexity index is 800. The molecule has 0 aliphatic heterocycles. The lowest BCUT2D eigenvalue weighted by Gasteiger charge is -2.12. The molecule has 2 aromatic carbocycles.